The van der Waals surface area contributed by atoms with Crippen molar-refractivity contribution in [3.63, 3.8) is 0 Å². The van der Waals surface area contributed by atoms with Crippen LogP contribution >= 0.6 is 0 Å². The molecule has 0 bridgehead atoms. The van der Waals surface area contributed by atoms with Gasteiger partial charge >= 0.3 is 0 Å². The van der Waals surface area contributed by atoms with Crippen molar-refractivity contribution >= 4 is 16.8 Å². The number of halogens is 1. The summed E-state index contributed by atoms with van der Waals surface area (Å²) in [6.07, 6.45) is 2.82. The maximum Gasteiger partial charge on any atom is 0.252 e. The van der Waals surface area contributed by atoms with Crippen molar-refractivity contribution in [3.05, 3.63) is 76.7 Å². The number of aryl methyl sites for hydroxylation is 1. The average molecular weight is 334 g/mol. The van der Waals surface area contributed by atoms with E-state index in [1.54, 1.807) is 6.07 Å². The maximum atomic E-state index is 13.5. The average Bonchev–Trinajstić information content (AvgIpc) is 3.07. The minimum Gasteiger partial charge on any atom is -0.345 e. The van der Waals surface area contributed by atoms with Crippen LogP contribution < -0.4 is 5.32 Å². The van der Waals surface area contributed by atoms with Crippen LogP contribution in [-0.2, 0) is 12.8 Å². The van der Waals surface area contributed by atoms with Crippen LogP contribution in [0.25, 0.3) is 10.9 Å². The molecule has 1 N–H and O–H groups in total. The summed E-state index contributed by atoms with van der Waals surface area (Å²) >= 11 is 0. The molecule has 1 aliphatic rings. The van der Waals surface area contributed by atoms with Crippen LogP contribution in [0, 0.1) is 5.82 Å². The normalized spacial score (nSPS) is 14.3. The lowest BCUT2D eigenvalue weighted by molar-refractivity contribution is 0.0940. The summed E-state index contributed by atoms with van der Waals surface area (Å²) in [7, 11) is 0. The molecule has 0 radical (unpaired) electrons. The van der Waals surface area contributed by atoms with Gasteiger partial charge in [0.15, 0.2) is 0 Å². The van der Waals surface area contributed by atoms with Crippen molar-refractivity contribution in [2.24, 2.45) is 0 Å². The summed E-state index contributed by atoms with van der Waals surface area (Å²) < 4.78 is 13.5. The highest BCUT2D eigenvalue weighted by Gasteiger charge is 2.24. The molecule has 4 heteroatoms. The largest absolute Gasteiger partial charge is 0.345 e. The molecule has 1 aromatic heterocycles. The smallest absolute Gasteiger partial charge is 0.252 e. The number of hydrogen-bond donors (Lipinski definition) is 1. The lowest BCUT2D eigenvalue weighted by atomic mass is 9.99. The van der Waals surface area contributed by atoms with E-state index in [0.29, 0.717) is 0 Å². The van der Waals surface area contributed by atoms with Crippen LogP contribution in [-0.4, -0.2) is 10.9 Å². The third kappa shape index (κ3) is 2.88. The molecule has 0 saturated heterocycles. The highest BCUT2D eigenvalue weighted by atomic mass is 19.1. The van der Waals surface area contributed by atoms with Gasteiger partial charge in [-0.1, -0.05) is 30.3 Å². The number of carbonyl (C=O) groups is 1. The van der Waals surface area contributed by atoms with Crippen LogP contribution in [0.3, 0.4) is 0 Å². The van der Waals surface area contributed by atoms with Gasteiger partial charge in [-0.3, -0.25) is 9.78 Å². The van der Waals surface area contributed by atoms with E-state index in [1.807, 2.05) is 37.3 Å². The minimum atomic E-state index is -0.297. The number of amides is 1. The SMILES string of the molecule is C[C@@H](NC(=O)c1c2c(nc3ccccc13)CCC2)c1cccc(F)c1. The lowest BCUT2D eigenvalue weighted by Crippen LogP contribution is -2.28. The number of hydrogen-bond acceptors (Lipinski definition) is 2. The number of rotatable bonds is 3. The quantitative estimate of drug-likeness (QED) is 0.773. The molecule has 4 rings (SSSR count). The van der Waals surface area contributed by atoms with E-state index < -0.39 is 0 Å². The standard InChI is InChI=1S/C21H19FN2O/c1-13(14-6-4-7-15(22)12-14)23-21(25)20-16-8-2-3-10-18(16)24-19-11-5-9-17(19)20/h2-4,6-8,10,12-13H,5,9,11H2,1H3,(H,23,25)/t13-/m1/s1. The fraction of sp³-hybridized carbons (Fsp3) is 0.238. The second-order valence-corrected chi connectivity index (χ2v) is 6.53. The van der Waals surface area contributed by atoms with Crippen LogP contribution in [0.5, 0.6) is 0 Å². The van der Waals surface area contributed by atoms with Crippen molar-refractivity contribution < 1.29 is 9.18 Å². The van der Waals surface area contributed by atoms with Crippen molar-refractivity contribution in [3.8, 4) is 0 Å². The maximum absolute atomic E-state index is 13.5. The predicted octanol–water partition coefficient (Wildman–Crippen LogP) is 4.35. The molecule has 1 heterocycles. The number of para-hydroxylation sites is 1. The van der Waals surface area contributed by atoms with E-state index in [1.165, 1.54) is 12.1 Å². The Morgan fingerprint density at radius 2 is 2.00 bits per heavy atom. The van der Waals surface area contributed by atoms with Gasteiger partial charge in [-0.15, -0.1) is 0 Å². The molecule has 126 valence electrons. The summed E-state index contributed by atoms with van der Waals surface area (Å²) in [5, 5.41) is 3.91. The molecular formula is C21H19FN2O. The molecule has 3 aromatic rings. The Labute approximate surface area is 145 Å². The fourth-order valence-corrected chi connectivity index (χ4v) is 3.60. The third-order valence-corrected chi connectivity index (χ3v) is 4.84. The first-order valence-electron chi connectivity index (χ1n) is 8.60. The molecule has 0 spiro atoms. The van der Waals surface area contributed by atoms with E-state index in [4.69, 9.17) is 4.98 Å². The molecule has 25 heavy (non-hydrogen) atoms. The zero-order valence-electron chi connectivity index (χ0n) is 14.1. The number of nitrogens with zero attached hydrogens (tertiary/aromatic N) is 1. The van der Waals surface area contributed by atoms with Gasteiger partial charge in [0, 0.05) is 11.1 Å². The molecule has 0 fully saturated rings. The number of fused-ring (bicyclic) bond motifs is 2. The predicted molar refractivity (Wildman–Crippen MR) is 96.0 cm³/mol. The molecule has 3 nitrogen and oxygen atoms in total. The van der Waals surface area contributed by atoms with Crippen molar-refractivity contribution in [2.75, 3.05) is 0 Å². The Balaban J connectivity index is 1.73. The zero-order chi connectivity index (χ0) is 17.4. The van der Waals surface area contributed by atoms with Gasteiger partial charge in [0.05, 0.1) is 17.1 Å². The number of benzene rings is 2. The van der Waals surface area contributed by atoms with E-state index in [0.717, 1.165) is 52.5 Å². The van der Waals surface area contributed by atoms with Gasteiger partial charge in [-0.2, -0.15) is 0 Å². The summed E-state index contributed by atoms with van der Waals surface area (Å²) in [6.45, 7) is 1.87. The zero-order valence-corrected chi connectivity index (χ0v) is 14.1. The summed E-state index contributed by atoms with van der Waals surface area (Å²) in [5.41, 5.74) is 4.42. The Bertz CT molecular complexity index is 967. The monoisotopic (exact) mass is 334 g/mol. The molecule has 1 amide bonds. The summed E-state index contributed by atoms with van der Waals surface area (Å²) in [6, 6.07) is 13.8. The van der Waals surface area contributed by atoms with Crippen LogP contribution in [0.2, 0.25) is 0 Å². The Kier molecular flexibility index (Phi) is 3.96. The van der Waals surface area contributed by atoms with Gasteiger partial charge in [0.25, 0.3) is 5.91 Å². The molecule has 1 atom stereocenters. The first kappa shape index (κ1) is 15.8. The molecule has 0 unspecified atom stereocenters. The van der Waals surface area contributed by atoms with E-state index in [9.17, 15) is 9.18 Å². The van der Waals surface area contributed by atoms with Crippen molar-refractivity contribution in [1.82, 2.24) is 10.3 Å². The third-order valence-electron chi connectivity index (χ3n) is 4.84. The van der Waals surface area contributed by atoms with Crippen LogP contribution in [0.15, 0.2) is 48.5 Å². The highest BCUT2D eigenvalue weighted by molar-refractivity contribution is 6.08. The number of pyridine rings is 1. The minimum absolute atomic E-state index is 0.117. The number of nitrogens with one attached hydrogen (secondary N) is 1. The lowest BCUT2D eigenvalue weighted by Gasteiger charge is -2.17. The van der Waals surface area contributed by atoms with Crippen LogP contribution in [0.4, 0.5) is 4.39 Å². The molecule has 1 aliphatic carbocycles. The first-order valence-corrected chi connectivity index (χ1v) is 8.60. The molecule has 2 aromatic carbocycles. The fourth-order valence-electron chi connectivity index (χ4n) is 3.60. The van der Waals surface area contributed by atoms with Gasteiger partial charge in [0.2, 0.25) is 0 Å². The van der Waals surface area contributed by atoms with Gasteiger partial charge < -0.3 is 5.32 Å². The van der Waals surface area contributed by atoms with Crippen molar-refractivity contribution in [2.45, 2.75) is 32.2 Å². The summed E-state index contributed by atoms with van der Waals surface area (Å²) in [5.74, 6) is -0.414. The Hall–Kier alpha value is -2.75. The summed E-state index contributed by atoms with van der Waals surface area (Å²) in [4.78, 5) is 17.8. The van der Waals surface area contributed by atoms with Crippen molar-refractivity contribution in [1.29, 1.82) is 0 Å². The van der Waals surface area contributed by atoms with E-state index >= 15 is 0 Å². The second-order valence-electron chi connectivity index (χ2n) is 6.53. The molecule has 0 saturated carbocycles. The van der Waals surface area contributed by atoms with Crippen LogP contribution in [0.1, 0.15) is 46.6 Å². The van der Waals surface area contributed by atoms with E-state index in [2.05, 4.69) is 5.32 Å². The van der Waals surface area contributed by atoms with Gasteiger partial charge in [-0.25, -0.2) is 4.39 Å². The topological polar surface area (TPSA) is 42.0 Å². The number of carbonyl (C=O) groups excluding carboxylic acids is 1. The first-order chi connectivity index (χ1) is 12.1. The van der Waals surface area contributed by atoms with Gasteiger partial charge in [0.1, 0.15) is 5.82 Å². The molecule has 0 aliphatic heterocycles. The van der Waals surface area contributed by atoms with Gasteiger partial charge in [-0.05, 0) is 55.5 Å². The van der Waals surface area contributed by atoms with E-state index in [-0.39, 0.29) is 17.8 Å². The second kappa shape index (κ2) is 6.28. The number of aromatic nitrogens is 1. The molecular weight excluding hydrogens is 315 g/mol. The Morgan fingerprint density at radius 3 is 2.84 bits per heavy atom. The Morgan fingerprint density at radius 1 is 1.16 bits per heavy atom. The highest BCUT2D eigenvalue weighted by Crippen LogP contribution is 2.30.